The number of rotatable bonds is 12. The first-order chi connectivity index (χ1) is 19.3. The number of alkyl carbamates (subject to hydrolysis) is 1. The number of aryl methyl sites for hydroxylation is 3. The highest BCUT2D eigenvalue weighted by atomic mass is 16.5. The van der Waals surface area contributed by atoms with Crippen LogP contribution in [0.15, 0.2) is 48.5 Å². The number of nitrogens with two attached hydrogens (primary N) is 1. The van der Waals surface area contributed by atoms with E-state index in [1.54, 1.807) is 21.4 Å². The van der Waals surface area contributed by atoms with Crippen LogP contribution in [0.4, 0.5) is 10.7 Å². The monoisotopic (exact) mass is 547 g/mol. The molecule has 210 valence electrons. The van der Waals surface area contributed by atoms with Gasteiger partial charge in [0, 0.05) is 31.6 Å². The van der Waals surface area contributed by atoms with E-state index in [9.17, 15) is 14.4 Å². The molecule has 0 saturated carbocycles. The Hall–Kier alpha value is -4.87. The van der Waals surface area contributed by atoms with Gasteiger partial charge in [-0.3, -0.25) is 19.6 Å². The van der Waals surface area contributed by atoms with Crippen molar-refractivity contribution in [1.29, 1.82) is 0 Å². The lowest BCUT2D eigenvalue weighted by atomic mass is 10.1. The minimum atomic E-state index is -0.627. The first kappa shape index (κ1) is 28.1. The maximum absolute atomic E-state index is 13.2. The molecule has 4 rings (SSSR count). The molecule has 0 aliphatic carbocycles. The lowest BCUT2D eigenvalue weighted by molar-refractivity contribution is 0.0995. The number of hydrogen-bond donors (Lipinski definition) is 3. The molecule has 2 aromatic carbocycles. The predicted molar refractivity (Wildman–Crippen MR) is 150 cm³/mol. The number of nitrogens with zero attached hydrogens (tertiary/aromatic N) is 4. The molecule has 0 radical (unpaired) electrons. The molecule has 12 nitrogen and oxygen atoms in total. The van der Waals surface area contributed by atoms with Gasteiger partial charge in [-0.1, -0.05) is 30.3 Å². The smallest absolute Gasteiger partial charge is 0.407 e. The second kappa shape index (κ2) is 12.8. The molecule has 4 aromatic rings. The zero-order valence-corrected chi connectivity index (χ0v) is 22.8. The van der Waals surface area contributed by atoms with Crippen molar-refractivity contribution < 1.29 is 23.9 Å². The van der Waals surface area contributed by atoms with Crippen LogP contribution in [0.1, 0.15) is 45.4 Å². The van der Waals surface area contributed by atoms with E-state index < -0.39 is 12.0 Å². The summed E-state index contributed by atoms with van der Waals surface area (Å²) in [5, 5.41) is 9.95. The Kier molecular flexibility index (Phi) is 9.00. The molecule has 0 saturated heterocycles. The van der Waals surface area contributed by atoms with Crippen LogP contribution in [0.2, 0.25) is 0 Å². The summed E-state index contributed by atoms with van der Waals surface area (Å²) in [5.41, 5.74) is 8.93. The number of carbonyl (C=O) groups is 3. The van der Waals surface area contributed by atoms with Crippen LogP contribution in [0.3, 0.4) is 0 Å². The summed E-state index contributed by atoms with van der Waals surface area (Å²) in [4.78, 5) is 41.8. The summed E-state index contributed by atoms with van der Waals surface area (Å²) in [5.74, 6) is -0.375. The van der Waals surface area contributed by atoms with Crippen LogP contribution >= 0.6 is 0 Å². The Morgan fingerprint density at radius 1 is 1.10 bits per heavy atom. The number of benzene rings is 2. The number of primary amides is 1. The molecular weight excluding hydrogens is 514 g/mol. The quantitative estimate of drug-likeness (QED) is 0.230. The van der Waals surface area contributed by atoms with E-state index in [1.165, 1.54) is 13.2 Å². The summed E-state index contributed by atoms with van der Waals surface area (Å²) < 4.78 is 14.2. The van der Waals surface area contributed by atoms with Crippen molar-refractivity contribution in [2.75, 3.05) is 25.6 Å². The fraction of sp³-hybridized carbons (Fsp3) is 0.321. The summed E-state index contributed by atoms with van der Waals surface area (Å²) >= 11 is 0. The fourth-order valence-corrected chi connectivity index (χ4v) is 4.36. The van der Waals surface area contributed by atoms with Gasteiger partial charge in [0.1, 0.15) is 17.0 Å². The van der Waals surface area contributed by atoms with Gasteiger partial charge in [0.05, 0.1) is 24.9 Å². The predicted octanol–water partition coefficient (Wildman–Crippen LogP) is 3.28. The number of aromatic nitrogens is 4. The number of imidazole rings is 1. The molecule has 3 amide bonds. The van der Waals surface area contributed by atoms with Gasteiger partial charge in [0.25, 0.3) is 5.91 Å². The summed E-state index contributed by atoms with van der Waals surface area (Å²) in [6.45, 7) is 5.19. The van der Waals surface area contributed by atoms with Crippen molar-refractivity contribution in [2.45, 2.75) is 39.8 Å². The molecular formula is C28H33N7O5. The molecule has 2 heterocycles. The van der Waals surface area contributed by atoms with Crippen LogP contribution < -0.4 is 21.1 Å². The van der Waals surface area contributed by atoms with Crippen LogP contribution in [0.5, 0.6) is 5.75 Å². The van der Waals surface area contributed by atoms with E-state index in [1.807, 2.05) is 44.2 Å². The Balaban J connectivity index is 1.49. The highest BCUT2D eigenvalue weighted by molar-refractivity contribution is 6.04. The van der Waals surface area contributed by atoms with E-state index in [4.69, 9.17) is 15.2 Å². The minimum absolute atomic E-state index is 0.228. The maximum Gasteiger partial charge on any atom is 0.407 e. The molecule has 0 aliphatic heterocycles. The number of anilines is 1. The molecule has 0 spiro atoms. The topological polar surface area (TPSA) is 155 Å². The minimum Gasteiger partial charge on any atom is -0.494 e. The average molecular weight is 548 g/mol. The van der Waals surface area contributed by atoms with Gasteiger partial charge in [-0.05, 0) is 44.0 Å². The molecule has 0 bridgehead atoms. The van der Waals surface area contributed by atoms with Crippen LogP contribution in [-0.2, 0) is 24.2 Å². The first-order valence-corrected chi connectivity index (χ1v) is 13.0. The molecule has 0 aliphatic rings. The van der Waals surface area contributed by atoms with E-state index in [0.29, 0.717) is 55.0 Å². The Morgan fingerprint density at radius 3 is 2.58 bits per heavy atom. The molecule has 0 unspecified atom stereocenters. The zero-order chi connectivity index (χ0) is 28.6. The van der Waals surface area contributed by atoms with E-state index in [2.05, 4.69) is 20.7 Å². The zero-order valence-electron chi connectivity index (χ0n) is 22.8. The van der Waals surface area contributed by atoms with Crippen LogP contribution in [-0.4, -0.2) is 57.5 Å². The van der Waals surface area contributed by atoms with Crippen LogP contribution in [0, 0.1) is 6.92 Å². The maximum atomic E-state index is 13.2. The Morgan fingerprint density at radius 2 is 1.88 bits per heavy atom. The van der Waals surface area contributed by atoms with Crippen molar-refractivity contribution >= 4 is 34.9 Å². The first-order valence-electron chi connectivity index (χ1n) is 13.0. The second-order valence-electron chi connectivity index (χ2n) is 9.09. The lowest BCUT2D eigenvalue weighted by Gasteiger charge is -2.13. The van der Waals surface area contributed by atoms with Crippen molar-refractivity contribution in [3.05, 3.63) is 71.0 Å². The number of amides is 3. The van der Waals surface area contributed by atoms with Gasteiger partial charge in [0.15, 0.2) is 0 Å². The number of methoxy groups -OCH3 is 1. The standard InChI is InChI=1S/C28H33N7O5/c1-4-35-22(15-18(2)33-35)26(37)32-27-31-21-16-20(25(29)36)17-23(39-3)24(21)34(27)13-8-12-30-28(38)40-14-11-19-9-6-5-7-10-19/h5-7,9-10,15-17H,4,8,11-14H2,1-3H3,(H2,29,36)(H,30,38)(H,31,32,37). The van der Waals surface area contributed by atoms with Gasteiger partial charge in [-0.25, -0.2) is 9.78 Å². The Labute approximate surface area is 231 Å². The third kappa shape index (κ3) is 6.57. The van der Waals surface area contributed by atoms with Gasteiger partial charge in [-0.15, -0.1) is 0 Å². The summed E-state index contributed by atoms with van der Waals surface area (Å²) in [7, 11) is 1.48. The Bertz CT molecular complexity index is 1510. The number of hydrogen-bond acceptors (Lipinski definition) is 7. The van der Waals surface area contributed by atoms with Crippen molar-refractivity contribution in [1.82, 2.24) is 24.6 Å². The average Bonchev–Trinajstić information content (AvgIpc) is 3.50. The molecule has 2 aromatic heterocycles. The van der Waals surface area contributed by atoms with Crippen molar-refractivity contribution in [2.24, 2.45) is 5.73 Å². The van der Waals surface area contributed by atoms with E-state index in [-0.39, 0.29) is 24.0 Å². The second-order valence-corrected chi connectivity index (χ2v) is 9.09. The molecule has 12 heteroatoms. The van der Waals surface area contributed by atoms with Gasteiger partial charge < -0.3 is 25.1 Å². The van der Waals surface area contributed by atoms with Crippen molar-refractivity contribution in [3.63, 3.8) is 0 Å². The number of fused-ring (bicyclic) bond motifs is 1. The molecule has 4 N–H and O–H groups in total. The van der Waals surface area contributed by atoms with E-state index in [0.717, 1.165) is 11.3 Å². The number of carbonyl (C=O) groups excluding carboxylic acids is 3. The highest BCUT2D eigenvalue weighted by Crippen LogP contribution is 2.31. The summed E-state index contributed by atoms with van der Waals surface area (Å²) in [6.07, 6.45) is 0.614. The summed E-state index contributed by atoms with van der Waals surface area (Å²) in [6, 6.07) is 14.6. The number of nitrogens with one attached hydrogen (secondary N) is 2. The molecule has 0 atom stereocenters. The van der Waals surface area contributed by atoms with Gasteiger partial charge in [0.2, 0.25) is 11.9 Å². The third-order valence-electron chi connectivity index (χ3n) is 6.27. The van der Waals surface area contributed by atoms with Crippen LogP contribution in [0.25, 0.3) is 11.0 Å². The molecule has 0 fully saturated rings. The van der Waals surface area contributed by atoms with Crippen molar-refractivity contribution in [3.8, 4) is 5.75 Å². The largest absolute Gasteiger partial charge is 0.494 e. The molecule has 40 heavy (non-hydrogen) atoms. The van der Waals surface area contributed by atoms with Gasteiger partial charge >= 0.3 is 6.09 Å². The SMILES string of the molecule is CCn1nc(C)cc1C(=O)Nc1nc2cc(C(N)=O)cc(OC)c2n1CCCNC(=O)OCCc1ccccc1. The fourth-order valence-electron chi connectivity index (χ4n) is 4.36. The van der Waals surface area contributed by atoms with E-state index >= 15 is 0 Å². The highest BCUT2D eigenvalue weighted by Gasteiger charge is 2.21. The lowest BCUT2D eigenvalue weighted by Crippen LogP contribution is -2.27. The van der Waals surface area contributed by atoms with Gasteiger partial charge in [-0.2, -0.15) is 5.10 Å². The number of ether oxygens (including phenoxy) is 2. The normalized spacial score (nSPS) is 10.9. The third-order valence-corrected chi connectivity index (χ3v) is 6.27.